The topological polar surface area (TPSA) is 46.2 Å². The van der Waals surface area contributed by atoms with Crippen molar-refractivity contribution in [1.82, 2.24) is 0 Å². The van der Waals surface area contributed by atoms with Crippen molar-refractivity contribution in [3.8, 4) is 0 Å². The summed E-state index contributed by atoms with van der Waals surface area (Å²) in [7, 11) is 0. The van der Waals surface area contributed by atoms with Crippen molar-refractivity contribution in [2.24, 2.45) is 5.92 Å². The summed E-state index contributed by atoms with van der Waals surface area (Å²) >= 11 is 0. The fraction of sp³-hybridized carbons (Fsp3) is 0.467. The Hall–Kier alpha value is -1.64. The lowest BCUT2D eigenvalue weighted by Crippen LogP contribution is -2.23. The lowest BCUT2D eigenvalue weighted by molar-refractivity contribution is -0.128. The summed E-state index contributed by atoms with van der Waals surface area (Å²) in [6, 6.07) is 9.26. The number of amides is 1. The van der Waals surface area contributed by atoms with Gasteiger partial charge in [-0.3, -0.25) is 9.59 Å². The number of para-hydroxylation sites is 1. The van der Waals surface area contributed by atoms with Gasteiger partial charge in [0, 0.05) is 11.6 Å². The van der Waals surface area contributed by atoms with Crippen LogP contribution in [-0.2, 0) is 9.59 Å². The average molecular weight is 245 g/mol. The summed E-state index contributed by atoms with van der Waals surface area (Å²) in [5.74, 6) is 0.0141. The summed E-state index contributed by atoms with van der Waals surface area (Å²) in [5.41, 5.74) is 0.749. The molecule has 96 valence electrons. The van der Waals surface area contributed by atoms with Crippen LogP contribution in [0.3, 0.4) is 0 Å². The molecule has 18 heavy (non-hydrogen) atoms. The number of rotatable bonds is 4. The minimum absolute atomic E-state index is 0.0135. The van der Waals surface area contributed by atoms with E-state index in [2.05, 4.69) is 5.32 Å². The molecule has 0 saturated heterocycles. The average Bonchev–Trinajstić information content (AvgIpc) is 2.40. The maximum Gasteiger partial charge on any atom is 0.231 e. The second kappa shape index (κ2) is 6.34. The van der Waals surface area contributed by atoms with Gasteiger partial charge in [0.1, 0.15) is 5.78 Å². The minimum Gasteiger partial charge on any atom is -0.326 e. The van der Waals surface area contributed by atoms with Gasteiger partial charge in [-0.15, -0.1) is 0 Å². The molecule has 1 N–H and O–H groups in total. The van der Waals surface area contributed by atoms with E-state index in [0.717, 1.165) is 31.4 Å². The molecule has 1 amide bonds. The van der Waals surface area contributed by atoms with Crippen LogP contribution in [0.1, 0.15) is 38.5 Å². The van der Waals surface area contributed by atoms with Gasteiger partial charge in [-0.05, 0) is 25.0 Å². The second-order valence-electron chi connectivity index (χ2n) is 4.89. The summed E-state index contributed by atoms with van der Waals surface area (Å²) in [6.07, 6.45) is 5.39. The van der Waals surface area contributed by atoms with E-state index in [4.69, 9.17) is 0 Å². The molecule has 1 saturated carbocycles. The van der Waals surface area contributed by atoms with Crippen molar-refractivity contribution in [3.05, 3.63) is 30.3 Å². The van der Waals surface area contributed by atoms with E-state index in [-0.39, 0.29) is 24.0 Å². The number of hydrogen-bond donors (Lipinski definition) is 1. The number of hydrogen-bond acceptors (Lipinski definition) is 2. The minimum atomic E-state index is -0.197. The van der Waals surface area contributed by atoms with E-state index in [1.807, 2.05) is 30.3 Å². The smallest absolute Gasteiger partial charge is 0.231 e. The lowest BCUT2D eigenvalue weighted by Gasteiger charge is -2.19. The molecular weight excluding hydrogens is 226 g/mol. The first kappa shape index (κ1) is 12.8. The highest BCUT2D eigenvalue weighted by molar-refractivity contribution is 6.05. The summed E-state index contributed by atoms with van der Waals surface area (Å²) < 4.78 is 0. The van der Waals surface area contributed by atoms with Gasteiger partial charge in [-0.1, -0.05) is 37.5 Å². The van der Waals surface area contributed by atoms with Crippen molar-refractivity contribution >= 4 is 17.4 Å². The van der Waals surface area contributed by atoms with Gasteiger partial charge < -0.3 is 5.32 Å². The lowest BCUT2D eigenvalue weighted by atomic mass is 9.85. The predicted molar refractivity (Wildman–Crippen MR) is 71.3 cm³/mol. The number of Topliss-reactive ketones (excluding diaryl/α,β-unsaturated/α-hetero) is 1. The second-order valence-corrected chi connectivity index (χ2v) is 4.89. The van der Waals surface area contributed by atoms with Gasteiger partial charge in [-0.2, -0.15) is 0 Å². The molecule has 0 heterocycles. The van der Waals surface area contributed by atoms with Crippen LogP contribution in [0.25, 0.3) is 0 Å². The molecule has 3 nitrogen and oxygen atoms in total. The van der Waals surface area contributed by atoms with Crippen molar-refractivity contribution < 1.29 is 9.59 Å². The highest BCUT2D eigenvalue weighted by Crippen LogP contribution is 2.25. The molecule has 0 aliphatic heterocycles. The maximum absolute atomic E-state index is 11.9. The van der Waals surface area contributed by atoms with Crippen molar-refractivity contribution in [2.75, 3.05) is 5.32 Å². The Kier molecular flexibility index (Phi) is 4.51. The summed E-state index contributed by atoms with van der Waals surface area (Å²) in [4.78, 5) is 23.7. The van der Waals surface area contributed by atoms with Gasteiger partial charge in [0.25, 0.3) is 0 Å². The van der Waals surface area contributed by atoms with Gasteiger partial charge >= 0.3 is 0 Å². The molecule has 0 unspecified atom stereocenters. The van der Waals surface area contributed by atoms with Crippen LogP contribution in [0.5, 0.6) is 0 Å². The number of nitrogens with one attached hydrogen (secondary N) is 1. The van der Waals surface area contributed by atoms with Crippen LogP contribution in [0.4, 0.5) is 5.69 Å². The third-order valence-electron chi connectivity index (χ3n) is 3.45. The quantitative estimate of drug-likeness (QED) is 0.828. The van der Waals surface area contributed by atoms with Crippen LogP contribution >= 0.6 is 0 Å². The Labute approximate surface area is 108 Å². The van der Waals surface area contributed by atoms with Gasteiger partial charge in [0.05, 0.1) is 6.42 Å². The van der Waals surface area contributed by atoms with Crippen molar-refractivity contribution in [2.45, 2.75) is 38.5 Å². The van der Waals surface area contributed by atoms with Gasteiger partial charge in [-0.25, -0.2) is 0 Å². The molecule has 0 bridgehead atoms. The molecule has 0 radical (unpaired) electrons. The van der Waals surface area contributed by atoms with E-state index in [1.165, 1.54) is 6.42 Å². The zero-order valence-corrected chi connectivity index (χ0v) is 10.5. The van der Waals surface area contributed by atoms with Crippen LogP contribution in [0.2, 0.25) is 0 Å². The zero-order valence-electron chi connectivity index (χ0n) is 10.5. The first-order chi connectivity index (χ1) is 8.75. The van der Waals surface area contributed by atoms with Crippen LogP contribution in [0.15, 0.2) is 30.3 Å². The third-order valence-corrected chi connectivity index (χ3v) is 3.45. The molecule has 1 aliphatic rings. The molecule has 2 rings (SSSR count). The molecular formula is C15H19NO2. The largest absolute Gasteiger partial charge is 0.326 e. The normalized spacial score (nSPS) is 16.2. The molecule has 0 spiro atoms. The van der Waals surface area contributed by atoms with Crippen LogP contribution < -0.4 is 5.32 Å². The third kappa shape index (κ3) is 3.69. The number of ketones is 1. The molecule has 3 heteroatoms. The maximum atomic E-state index is 11.9. The fourth-order valence-corrected chi connectivity index (χ4v) is 2.45. The Bertz CT molecular complexity index is 408. The van der Waals surface area contributed by atoms with Crippen molar-refractivity contribution in [3.63, 3.8) is 0 Å². The van der Waals surface area contributed by atoms with Gasteiger partial charge in [0.2, 0.25) is 5.91 Å². The standard InChI is InChI=1S/C15H19NO2/c17-14(12-7-3-1-4-8-12)11-15(18)16-13-9-5-2-6-10-13/h2,5-6,9-10,12H,1,3-4,7-8,11H2,(H,16,18). The number of benzene rings is 1. The molecule has 1 aliphatic carbocycles. The zero-order chi connectivity index (χ0) is 12.8. The number of anilines is 1. The Balaban J connectivity index is 1.82. The summed E-state index contributed by atoms with van der Waals surface area (Å²) in [6.45, 7) is 0. The monoisotopic (exact) mass is 245 g/mol. The van der Waals surface area contributed by atoms with E-state index >= 15 is 0 Å². The highest BCUT2D eigenvalue weighted by Gasteiger charge is 2.22. The van der Waals surface area contributed by atoms with Crippen molar-refractivity contribution in [1.29, 1.82) is 0 Å². The van der Waals surface area contributed by atoms with E-state index in [1.54, 1.807) is 0 Å². The molecule has 1 aromatic carbocycles. The Morgan fingerprint density at radius 3 is 2.39 bits per heavy atom. The Morgan fingerprint density at radius 1 is 1.06 bits per heavy atom. The molecule has 0 atom stereocenters. The molecule has 0 aromatic heterocycles. The molecule has 1 fully saturated rings. The Morgan fingerprint density at radius 2 is 1.72 bits per heavy atom. The van der Waals surface area contributed by atoms with Gasteiger partial charge in [0.15, 0.2) is 0 Å². The van der Waals surface area contributed by atoms with Crippen LogP contribution in [-0.4, -0.2) is 11.7 Å². The molecule has 1 aromatic rings. The van der Waals surface area contributed by atoms with Crippen LogP contribution in [0, 0.1) is 5.92 Å². The van der Waals surface area contributed by atoms with E-state index in [9.17, 15) is 9.59 Å². The first-order valence-corrected chi connectivity index (χ1v) is 6.63. The van der Waals surface area contributed by atoms with E-state index < -0.39 is 0 Å². The predicted octanol–water partition coefficient (Wildman–Crippen LogP) is 3.16. The van der Waals surface area contributed by atoms with E-state index in [0.29, 0.717) is 0 Å². The number of carbonyl (C=O) groups is 2. The highest BCUT2D eigenvalue weighted by atomic mass is 16.2. The fourth-order valence-electron chi connectivity index (χ4n) is 2.45. The number of carbonyl (C=O) groups excluding carboxylic acids is 2. The summed E-state index contributed by atoms with van der Waals surface area (Å²) in [5, 5.41) is 2.75. The SMILES string of the molecule is O=C(CC(=O)C1CCCCC1)Nc1ccccc1. The first-order valence-electron chi connectivity index (χ1n) is 6.63.